The number of Topliss-reactive ketones (excluding diaryl/α,β-unsaturated/α-hetero) is 1. The van der Waals surface area contributed by atoms with Gasteiger partial charge in [-0.2, -0.15) is 0 Å². The van der Waals surface area contributed by atoms with E-state index in [4.69, 9.17) is 0 Å². The van der Waals surface area contributed by atoms with E-state index in [-0.39, 0.29) is 5.57 Å². The average molecular weight is 285 g/mol. The van der Waals surface area contributed by atoms with Gasteiger partial charge in [0.1, 0.15) is 5.57 Å². The first-order valence-corrected chi connectivity index (χ1v) is 6.52. The third kappa shape index (κ3) is 4.76. The molecule has 4 nitrogen and oxygen atoms in total. The van der Waals surface area contributed by atoms with Crippen LogP contribution in [0.15, 0.2) is 61.3 Å². The summed E-state index contributed by atoms with van der Waals surface area (Å²) in [5.74, 6) is -1.76. The molecule has 1 aromatic carbocycles. The highest BCUT2D eigenvalue weighted by Gasteiger charge is 2.20. The van der Waals surface area contributed by atoms with Crippen LogP contribution in [0.4, 0.5) is 0 Å². The molecule has 0 fully saturated rings. The number of nitrogens with zero attached hydrogens (tertiary/aromatic N) is 1. The molecule has 0 heterocycles. The molecular weight excluding hydrogens is 266 g/mol. The second-order valence-electron chi connectivity index (χ2n) is 4.58. The van der Waals surface area contributed by atoms with E-state index in [0.717, 1.165) is 5.56 Å². The predicted molar refractivity (Wildman–Crippen MR) is 83.2 cm³/mol. The molecule has 4 heteroatoms. The van der Waals surface area contributed by atoms with E-state index in [1.807, 2.05) is 13.0 Å². The molecule has 21 heavy (non-hydrogen) atoms. The normalized spacial score (nSPS) is 10.8. The third-order valence-electron chi connectivity index (χ3n) is 2.79. The molecule has 0 radical (unpaired) electrons. The summed E-state index contributed by atoms with van der Waals surface area (Å²) in [6.07, 6.45) is 4.61. The fourth-order valence-electron chi connectivity index (χ4n) is 1.85. The largest absolute Gasteiger partial charge is 0.477 e. The van der Waals surface area contributed by atoms with E-state index in [0.29, 0.717) is 18.7 Å². The Morgan fingerprint density at radius 1 is 1.24 bits per heavy atom. The second-order valence-corrected chi connectivity index (χ2v) is 4.58. The summed E-state index contributed by atoms with van der Waals surface area (Å²) in [6.45, 7) is 9.94. The van der Waals surface area contributed by atoms with E-state index in [1.54, 1.807) is 35.3 Å². The molecule has 0 unspecified atom stereocenters. The Balaban J connectivity index is 3.15. The lowest BCUT2D eigenvalue weighted by Crippen LogP contribution is -2.22. The first kappa shape index (κ1) is 16.4. The lowest BCUT2D eigenvalue weighted by Gasteiger charge is -2.17. The van der Waals surface area contributed by atoms with Crippen LogP contribution in [0.5, 0.6) is 0 Å². The highest BCUT2D eigenvalue weighted by molar-refractivity contribution is 6.23. The third-order valence-corrected chi connectivity index (χ3v) is 2.79. The predicted octanol–water partition coefficient (Wildman–Crippen LogP) is 2.82. The Morgan fingerprint density at radius 3 is 2.33 bits per heavy atom. The van der Waals surface area contributed by atoms with E-state index in [2.05, 4.69) is 13.2 Å². The summed E-state index contributed by atoms with van der Waals surface area (Å²) >= 11 is 0. The number of benzene rings is 1. The van der Waals surface area contributed by atoms with E-state index < -0.39 is 11.8 Å². The summed E-state index contributed by atoms with van der Waals surface area (Å²) in [6, 6.07) is 6.86. The molecule has 110 valence electrons. The monoisotopic (exact) mass is 285 g/mol. The first-order valence-electron chi connectivity index (χ1n) is 6.52. The van der Waals surface area contributed by atoms with Gasteiger partial charge >= 0.3 is 5.97 Å². The zero-order chi connectivity index (χ0) is 15.8. The summed E-state index contributed by atoms with van der Waals surface area (Å²) in [5.41, 5.74) is 0.990. The standard InChI is InChI=1S/C17H19NO3/c1-4-9-18(10-5-2)12-15(17(20)21)16(19)14-8-6-7-13(3)11-14/h4-8,11-12H,1-2,9-10H2,3H3,(H,20,21)/b15-12+. The maximum atomic E-state index is 12.4. The van der Waals surface area contributed by atoms with Gasteiger partial charge in [-0.3, -0.25) is 4.79 Å². The van der Waals surface area contributed by atoms with Crippen molar-refractivity contribution in [3.8, 4) is 0 Å². The van der Waals surface area contributed by atoms with Crippen LogP contribution in [0.3, 0.4) is 0 Å². The summed E-state index contributed by atoms with van der Waals surface area (Å²) in [4.78, 5) is 25.4. The number of hydrogen-bond acceptors (Lipinski definition) is 3. The van der Waals surface area contributed by atoms with E-state index in [1.165, 1.54) is 6.20 Å². The second kappa shape index (κ2) is 7.85. The van der Waals surface area contributed by atoms with Crippen molar-refractivity contribution >= 4 is 11.8 Å². The van der Waals surface area contributed by atoms with Gasteiger partial charge in [0.05, 0.1) is 0 Å². The van der Waals surface area contributed by atoms with Crippen LogP contribution in [0.25, 0.3) is 0 Å². The van der Waals surface area contributed by atoms with Gasteiger partial charge in [0.25, 0.3) is 0 Å². The maximum Gasteiger partial charge on any atom is 0.341 e. The molecule has 0 saturated carbocycles. The minimum atomic E-state index is -1.25. The minimum Gasteiger partial charge on any atom is -0.477 e. The number of hydrogen-bond donors (Lipinski definition) is 1. The molecule has 0 aromatic heterocycles. The average Bonchev–Trinajstić information content (AvgIpc) is 2.44. The topological polar surface area (TPSA) is 57.6 Å². The van der Waals surface area contributed by atoms with Gasteiger partial charge in [0.15, 0.2) is 0 Å². The van der Waals surface area contributed by atoms with Crippen molar-refractivity contribution in [2.75, 3.05) is 13.1 Å². The van der Waals surface area contributed by atoms with Crippen molar-refractivity contribution in [3.05, 3.63) is 72.5 Å². The Bertz CT molecular complexity index is 577. The Hall–Kier alpha value is -2.62. The fourth-order valence-corrected chi connectivity index (χ4v) is 1.85. The number of carboxylic acids is 1. The van der Waals surface area contributed by atoms with Crippen LogP contribution in [0.2, 0.25) is 0 Å². The van der Waals surface area contributed by atoms with Crippen molar-refractivity contribution in [2.45, 2.75) is 6.92 Å². The Kier molecular flexibility index (Phi) is 6.14. The van der Waals surface area contributed by atoms with Gasteiger partial charge in [0, 0.05) is 24.9 Å². The first-order chi connectivity index (χ1) is 9.99. The summed E-state index contributed by atoms with van der Waals surface area (Å²) in [5, 5.41) is 9.29. The van der Waals surface area contributed by atoms with Crippen LogP contribution in [-0.2, 0) is 4.79 Å². The number of ketones is 1. The lowest BCUT2D eigenvalue weighted by molar-refractivity contribution is -0.132. The van der Waals surface area contributed by atoms with Gasteiger partial charge in [-0.1, -0.05) is 35.9 Å². The van der Waals surface area contributed by atoms with Crippen LogP contribution >= 0.6 is 0 Å². The molecule has 0 aliphatic rings. The molecule has 0 amide bonds. The molecule has 0 spiro atoms. The van der Waals surface area contributed by atoms with Gasteiger partial charge in [-0.15, -0.1) is 13.2 Å². The quantitative estimate of drug-likeness (QED) is 0.262. The SMILES string of the molecule is C=CCN(/C=C(/C(=O)O)C(=O)c1cccc(C)c1)CC=C. The Labute approximate surface area is 124 Å². The number of carbonyl (C=O) groups excluding carboxylic acids is 1. The zero-order valence-corrected chi connectivity index (χ0v) is 12.1. The fraction of sp³-hybridized carbons (Fsp3) is 0.176. The summed E-state index contributed by atoms with van der Waals surface area (Å²) < 4.78 is 0. The van der Waals surface area contributed by atoms with Crippen molar-refractivity contribution in [3.63, 3.8) is 0 Å². The molecule has 0 aliphatic carbocycles. The zero-order valence-electron chi connectivity index (χ0n) is 12.1. The molecule has 0 atom stereocenters. The summed E-state index contributed by atoms with van der Waals surface area (Å²) in [7, 11) is 0. The molecule has 0 saturated heterocycles. The van der Waals surface area contributed by atoms with Crippen LogP contribution < -0.4 is 0 Å². The van der Waals surface area contributed by atoms with Gasteiger partial charge in [-0.05, 0) is 13.0 Å². The van der Waals surface area contributed by atoms with Crippen LogP contribution in [0, 0.1) is 6.92 Å². The van der Waals surface area contributed by atoms with Crippen LogP contribution in [0.1, 0.15) is 15.9 Å². The molecular formula is C17H19NO3. The highest BCUT2D eigenvalue weighted by Crippen LogP contribution is 2.12. The minimum absolute atomic E-state index is 0.274. The maximum absolute atomic E-state index is 12.4. The number of carbonyl (C=O) groups is 2. The van der Waals surface area contributed by atoms with Crippen molar-refractivity contribution < 1.29 is 14.7 Å². The number of aliphatic carboxylic acids is 1. The van der Waals surface area contributed by atoms with E-state index in [9.17, 15) is 14.7 Å². The lowest BCUT2D eigenvalue weighted by atomic mass is 10.0. The van der Waals surface area contributed by atoms with Crippen molar-refractivity contribution in [2.24, 2.45) is 0 Å². The molecule has 0 aliphatic heterocycles. The van der Waals surface area contributed by atoms with E-state index >= 15 is 0 Å². The van der Waals surface area contributed by atoms with Gasteiger partial charge in [0.2, 0.25) is 5.78 Å². The molecule has 0 bridgehead atoms. The van der Waals surface area contributed by atoms with Gasteiger partial charge < -0.3 is 10.0 Å². The molecule has 1 aromatic rings. The Morgan fingerprint density at radius 2 is 1.86 bits per heavy atom. The molecule has 1 N–H and O–H groups in total. The van der Waals surface area contributed by atoms with Gasteiger partial charge in [-0.25, -0.2) is 4.79 Å². The number of carboxylic acid groups (broad SMARTS) is 1. The highest BCUT2D eigenvalue weighted by atomic mass is 16.4. The number of aryl methyl sites for hydroxylation is 1. The van der Waals surface area contributed by atoms with Crippen molar-refractivity contribution in [1.82, 2.24) is 4.90 Å². The van der Waals surface area contributed by atoms with Crippen LogP contribution in [-0.4, -0.2) is 34.8 Å². The molecule has 1 rings (SSSR count). The van der Waals surface area contributed by atoms with Crippen molar-refractivity contribution in [1.29, 1.82) is 0 Å². The number of rotatable bonds is 8. The smallest absolute Gasteiger partial charge is 0.341 e.